The van der Waals surface area contributed by atoms with Crippen molar-refractivity contribution < 1.29 is 28.9 Å². The smallest absolute Gasteiger partial charge is 0.343 e. The zero-order valence-electron chi connectivity index (χ0n) is 12.3. The predicted octanol–water partition coefficient (Wildman–Crippen LogP) is 3.27. The van der Waals surface area contributed by atoms with Gasteiger partial charge in [-0.15, -0.1) is 0 Å². The highest BCUT2D eigenvalue weighted by molar-refractivity contribution is 6.32. The Kier molecular flexibility index (Phi) is 5.08. The van der Waals surface area contributed by atoms with Gasteiger partial charge >= 0.3 is 11.9 Å². The Hall–Kier alpha value is -2.73. The van der Waals surface area contributed by atoms with Crippen LogP contribution in [0, 0.1) is 0 Å². The van der Waals surface area contributed by atoms with Gasteiger partial charge in [-0.2, -0.15) is 0 Å². The lowest BCUT2D eigenvalue weighted by molar-refractivity contribution is 0.0696. The van der Waals surface area contributed by atoms with E-state index in [1.807, 2.05) is 0 Å². The number of benzene rings is 2. The molecule has 0 aliphatic heterocycles. The van der Waals surface area contributed by atoms with Crippen LogP contribution in [0.4, 0.5) is 0 Å². The second kappa shape index (κ2) is 7.02. The molecule has 0 spiro atoms. The summed E-state index contributed by atoms with van der Waals surface area (Å²) in [7, 11) is 2.84. The average Bonchev–Trinajstić information content (AvgIpc) is 2.56. The highest BCUT2D eigenvalue weighted by atomic mass is 35.5. The molecule has 0 heterocycles. The summed E-state index contributed by atoms with van der Waals surface area (Å²) in [5.74, 6) is -1.21. The van der Waals surface area contributed by atoms with Gasteiger partial charge in [-0.1, -0.05) is 11.6 Å². The molecule has 0 aliphatic rings. The molecule has 0 aromatic heterocycles. The number of halogens is 1. The van der Waals surface area contributed by atoms with Crippen molar-refractivity contribution in [2.24, 2.45) is 0 Å². The van der Waals surface area contributed by atoms with E-state index in [1.165, 1.54) is 38.5 Å². The third kappa shape index (κ3) is 3.73. The van der Waals surface area contributed by atoms with Crippen LogP contribution >= 0.6 is 11.6 Å². The Morgan fingerprint density at radius 3 is 2.17 bits per heavy atom. The van der Waals surface area contributed by atoms with Crippen molar-refractivity contribution in [2.75, 3.05) is 14.2 Å². The highest BCUT2D eigenvalue weighted by Gasteiger charge is 2.19. The lowest BCUT2D eigenvalue weighted by atomic mass is 10.2. The molecule has 7 heteroatoms. The maximum absolute atomic E-state index is 12.2. The first-order valence-electron chi connectivity index (χ1n) is 6.43. The molecule has 0 saturated heterocycles. The van der Waals surface area contributed by atoms with Gasteiger partial charge in [-0.25, -0.2) is 9.59 Å². The summed E-state index contributed by atoms with van der Waals surface area (Å²) in [6, 6.07) is 8.71. The van der Waals surface area contributed by atoms with Crippen molar-refractivity contribution in [2.45, 2.75) is 0 Å². The molecule has 0 amide bonds. The first kappa shape index (κ1) is 16.6. The molecule has 0 fully saturated rings. The van der Waals surface area contributed by atoms with E-state index in [1.54, 1.807) is 12.1 Å². The maximum Gasteiger partial charge on any atom is 0.343 e. The van der Waals surface area contributed by atoms with Crippen molar-refractivity contribution in [3.8, 4) is 17.2 Å². The van der Waals surface area contributed by atoms with Crippen LogP contribution in [0.15, 0.2) is 36.4 Å². The molecule has 2 aromatic rings. The second-order valence-corrected chi connectivity index (χ2v) is 4.82. The first-order chi connectivity index (χ1) is 11.0. The molecule has 0 bridgehead atoms. The SMILES string of the molecule is COc1ccc(C(=O)Oc2c(Cl)cc(C(=O)O)cc2OC)cc1. The molecular weight excluding hydrogens is 324 g/mol. The Morgan fingerprint density at radius 2 is 1.65 bits per heavy atom. The number of aromatic carboxylic acids is 1. The van der Waals surface area contributed by atoms with Gasteiger partial charge in [0.05, 0.1) is 30.4 Å². The predicted molar refractivity (Wildman–Crippen MR) is 82.9 cm³/mol. The van der Waals surface area contributed by atoms with E-state index in [9.17, 15) is 9.59 Å². The zero-order valence-corrected chi connectivity index (χ0v) is 13.1. The molecule has 0 aliphatic carbocycles. The highest BCUT2D eigenvalue weighted by Crippen LogP contribution is 2.37. The summed E-state index contributed by atoms with van der Waals surface area (Å²) in [6.07, 6.45) is 0. The Balaban J connectivity index is 2.31. The average molecular weight is 337 g/mol. The third-order valence-corrected chi connectivity index (χ3v) is 3.28. The number of carboxylic acids is 1. The molecule has 6 nitrogen and oxygen atoms in total. The van der Waals surface area contributed by atoms with E-state index in [-0.39, 0.29) is 27.6 Å². The van der Waals surface area contributed by atoms with Gasteiger partial charge in [0.1, 0.15) is 5.75 Å². The number of carbonyl (C=O) groups is 2. The molecule has 0 atom stereocenters. The molecular formula is C16H13ClO6. The van der Waals surface area contributed by atoms with E-state index >= 15 is 0 Å². The van der Waals surface area contributed by atoms with Crippen molar-refractivity contribution in [1.29, 1.82) is 0 Å². The molecule has 120 valence electrons. The lowest BCUT2D eigenvalue weighted by Gasteiger charge is -2.12. The van der Waals surface area contributed by atoms with Gasteiger partial charge in [0.25, 0.3) is 0 Å². The monoisotopic (exact) mass is 336 g/mol. The summed E-state index contributed by atoms with van der Waals surface area (Å²) in [5.41, 5.74) is 0.210. The quantitative estimate of drug-likeness (QED) is 0.666. The summed E-state index contributed by atoms with van der Waals surface area (Å²) < 4.78 is 15.3. The molecule has 23 heavy (non-hydrogen) atoms. The van der Waals surface area contributed by atoms with Crippen LogP contribution in [0.3, 0.4) is 0 Å². The topological polar surface area (TPSA) is 82.1 Å². The van der Waals surface area contributed by atoms with Crippen LogP contribution in [0.2, 0.25) is 5.02 Å². The summed E-state index contributed by atoms with van der Waals surface area (Å²) in [5, 5.41) is 8.96. The van der Waals surface area contributed by atoms with Gasteiger partial charge in [-0.05, 0) is 36.4 Å². The van der Waals surface area contributed by atoms with Gasteiger partial charge in [-0.3, -0.25) is 0 Å². The molecule has 2 aromatic carbocycles. The largest absolute Gasteiger partial charge is 0.497 e. The molecule has 0 radical (unpaired) electrons. The third-order valence-electron chi connectivity index (χ3n) is 3.00. The normalized spacial score (nSPS) is 10.0. The molecule has 1 N–H and O–H groups in total. The van der Waals surface area contributed by atoms with Crippen LogP contribution in [-0.4, -0.2) is 31.3 Å². The van der Waals surface area contributed by atoms with Crippen LogP contribution in [0.5, 0.6) is 17.2 Å². The number of hydrogen-bond acceptors (Lipinski definition) is 5. The van der Waals surface area contributed by atoms with E-state index in [0.29, 0.717) is 5.75 Å². The number of ether oxygens (including phenoxy) is 3. The number of rotatable bonds is 5. The minimum absolute atomic E-state index is 0.0383. The van der Waals surface area contributed by atoms with Crippen LogP contribution in [0.1, 0.15) is 20.7 Å². The van der Waals surface area contributed by atoms with Gasteiger partial charge in [0, 0.05) is 0 Å². The van der Waals surface area contributed by atoms with Gasteiger partial charge < -0.3 is 19.3 Å². The Morgan fingerprint density at radius 1 is 1.00 bits per heavy atom. The lowest BCUT2D eigenvalue weighted by Crippen LogP contribution is -2.10. The Bertz CT molecular complexity index is 739. The van der Waals surface area contributed by atoms with Crippen LogP contribution in [-0.2, 0) is 0 Å². The summed E-state index contributed by atoms with van der Waals surface area (Å²) in [4.78, 5) is 23.2. The fourth-order valence-electron chi connectivity index (χ4n) is 1.82. The fraction of sp³-hybridized carbons (Fsp3) is 0.125. The van der Waals surface area contributed by atoms with Crippen molar-refractivity contribution in [1.82, 2.24) is 0 Å². The molecule has 0 saturated carbocycles. The van der Waals surface area contributed by atoms with Crippen LogP contribution in [0.25, 0.3) is 0 Å². The number of carboxylic acid groups (broad SMARTS) is 1. The molecule has 2 rings (SSSR count). The number of hydrogen-bond donors (Lipinski definition) is 1. The number of esters is 1. The van der Waals surface area contributed by atoms with Gasteiger partial charge in [0.2, 0.25) is 0 Å². The minimum Gasteiger partial charge on any atom is -0.497 e. The second-order valence-electron chi connectivity index (χ2n) is 4.41. The maximum atomic E-state index is 12.2. The zero-order chi connectivity index (χ0) is 17.0. The number of carbonyl (C=O) groups excluding carboxylic acids is 1. The fourth-order valence-corrected chi connectivity index (χ4v) is 2.07. The van der Waals surface area contributed by atoms with E-state index < -0.39 is 11.9 Å². The van der Waals surface area contributed by atoms with Crippen molar-refractivity contribution in [3.63, 3.8) is 0 Å². The van der Waals surface area contributed by atoms with E-state index in [4.69, 9.17) is 30.9 Å². The first-order valence-corrected chi connectivity index (χ1v) is 6.81. The van der Waals surface area contributed by atoms with Crippen molar-refractivity contribution >= 4 is 23.5 Å². The molecule has 0 unspecified atom stereocenters. The standard InChI is InChI=1S/C16H13ClO6/c1-21-11-5-3-9(4-6-11)16(20)23-14-12(17)7-10(15(18)19)8-13(14)22-2/h3-8H,1-2H3,(H,18,19). The van der Waals surface area contributed by atoms with E-state index in [0.717, 1.165) is 0 Å². The Labute approximate surface area is 137 Å². The van der Waals surface area contributed by atoms with Gasteiger partial charge in [0.15, 0.2) is 11.5 Å². The van der Waals surface area contributed by atoms with Crippen molar-refractivity contribution in [3.05, 3.63) is 52.5 Å². The number of methoxy groups -OCH3 is 2. The minimum atomic E-state index is -1.17. The summed E-state index contributed by atoms with van der Waals surface area (Å²) >= 11 is 6.00. The van der Waals surface area contributed by atoms with Crippen LogP contribution < -0.4 is 14.2 Å². The van der Waals surface area contributed by atoms with E-state index in [2.05, 4.69) is 0 Å². The summed E-state index contributed by atoms with van der Waals surface area (Å²) in [6.45, 7) is 0.